The maximum Gasteiger partial charge on any atom is 0.100 e. The molecule has 0 heterocycles. The molecule has 10 heavy (non-hydrogen) atoms. The quantitative estimate of drug-likeness (QED) is 0.556. The lowest BCUT2D eigenvalue weighted by molar-refractivity contribution is 0.207. The third-order valence-electron chi connectivity index (χ3n) is 1.24. The average molecular weight is 141 g/mol. The summed E-state index contributed by atoms with van der Waals surface area (Å²) in [5.74, 6) is 2.50. The van der Waals surface area contributed by atoms with Gasteiger partial charge in [0.2, 0.25) is 0 Å². The van der Waals surface area contributed by atoms with Crippen LogP contribution in [0.2, 0.25) is 0 Å². The van der Waals surface area contributed by atoms with Crippen LogP contribution in [0, 0.1) is 12.3 Å². The Hall–Kier alpha value is -0.520. The topological polar surface area (TPSA) is 32.3 Å². The number of hydrogen-bond donors (Lipinski definition) is 2. The molecule has 0 fully saturated rings. The number of terminal acetylenes is 1. The molecule has 0 aromatic carbocycles. The standard InChI is InChI=1S/C8H15NO/c1-5-8(4,6-10)9-7(2)3/h1,7,9-10H,6H2,2-4H3/t8-/m0/s1. The SMILES string of the molecule is C#C[C@@](C)(CO)NC(C)C. The van der Waals surface area contributed by atoms with Gasteiger partial charge in [-0.3, -0.25) is 5.32 Å². The van der Waals surface area contributed by atoms with Gasteiger partial charge in [0.1, 0.15) is 5.54 Å². The summed E-state index contributed by atoms with van der Waals surface area (Å²) in [6, 6.07) is 0.299. The molecule has 0 aromatic heterocycles. The minimum absolute atomic E-state index is 0.0261. The summed E-state index contributed by atoms with van der Waals surface area (Å²) in [7, 11) is 0. The Balaban J connectivity index is 3.97. The van der Waals surface area contributed by atoms with Crippen molar-refractivity contribution in [1.82, 2.24) is 5.32 Å². The summed E-state index contributed by atoms with van der Waals surface area (Å²) in [6.07, 6.45) is 5.19. The van der Waals surface area contributed by atoms with E-state index in [1.54, 1.807) is 6.92 Å². The molecule has 58 valence electrons. The van der Waals surface area contributed by atoms with Crippen LogP contribution >= 0.6 is 0 Å². The van der Waals surface area contributed by atoms with E-state index in [9.17, 15) is 0 Å². The first-order valence-corrected chi connectivity index (χ1v) is 3.40. The Morgan fingerprint density at radius 2 is 2.20 bits per heavy atom. The normalized spacial score (nSPS) is 16.4. The second-order valence-corrected chi connectivity index (χ2v) is 2.93. The summed E-state index contributed by atoms with van der Waals surface area (Å²) >= 11 is 0. The molecule has 0 saturated carbocycles. The van der Waals surface area contributed by atoms with Crippen molar-refractivity contribution in [3.63, 3.8) is 0 Å². The van der Waals surface area contributed by atoms with Crippen LogP contribution in [0.3, 0.4) is 0 Å². The summed E-state index contributed by atoms with van der Waals surface area (Å²) in [5, 5.41) is 11.9. The number of rotatable bonds is 3. The van der Waals surface area contributed by atoms with E-state index in [0.717, 1.165) is 0 Å². The Bertz CT molecular complexity index is 137. The fraction of sp³-hybridized carbons (Fsp3) is 0.750. The van der Waals surface area contributed by atoms with Crippen LogP contribution in [0.4, 0.5) is 0 Å². The Labute approximate surface area is 62.6 Å². The van der Waals surface area contributed by atoms with Crippen molar-refractivity contribution < 1.29 is 5.11 Å². The van der Waals surface area contributed by atoms with E-state index in [1.807, 2.05) is 13.8 Å². The van der Waals surface area contributed by atoms with E-state index in [-0.39, 0.29) is 6.61 Å². The van der Waals surface area contributed by atoms with Gasteiger partial charge >= 0.3 is 0 Å². The highest BCUT2D eigenvalue weighted by molar-refractivity contribution is 5.10. The van der Waals surface area contributed by atoms with Crippen molar-refractivity contribution in [3.8, 4) is 12.3 Å². The van der Waals surface area contributed by atoms with Crippen LogP contribution in [-0.2, 0) is 0 Å². The summed E-state index contributed by atoms with van der Waals surface area (Å²) in [4.78, 5) is 0. The van der Waals surface area contributed by atoms with E-state index in [4.69, 9.17) is 11.5 Å². The smallest absolute Gasteiger partial charge is 0.100 e. The first-order chi connectivity index (χ1) is 4.54. The molecule has 0 spiro atoms. The van der Waals surface area contributed by atoms with Crippen molar-refractivity contribution in [2.45, 2.75) is 32.4 Å². The molecule has 0 aliphatic heterocycles. The van der Waals surface area contributed by atoms with E-state index >= 15 is 0 Å². The lowest BCUT2D eigenvalue weighted by Crippen LogP contribution is -2.47. The maximum absolute atomic E-state index is 8.83. The van der Waals surface area contributed by atoms with E-state index in [1.165, 1.54) is 0 Å². The molecule has 2 N–H and O–H groups in total. The van der Waals surface area contributed by atoms with Gasteiger partial charge in [0.05, 0.1) is 6.61 Å². The summed E-state index contributed by atoms with van der Waals surface area (Å²) in [5.41, 5.74) is -0.561. The molecule has 2 nitrogen and oxygen atoms in total. The molecule has 0 bridgehead atoms. The van der Waals surface area contributed by atoms with Crippen molar-refractivity contribution in [2.75, 3.05) is 6.61 Å². The fourth-order valence-corrected chi connectivity index (χ4v) is 0.770. The van der Waals surface area contributed by atoms with Gasteiger partial charge < -0.3 is 5.11 Å². The minimum Gasteiger partial charge on any atom is -0.393 e. The van der Waals surface area contributed by atoms with E-state index in [2.05, 4.69) is 11.2 Å². The molecular weight excluding hydrogens is 126 g/mol. The molecule has 1 atom stereocenters. The highest BCUT2D eigenvalue weighted by Gasteiger charge is 2.19. The zero-order chi connectivity index (χ0) is 8.20. The monoisotopic (exact) mass is 141 g/mol. The Morgan fingerprint density at radius 3 is 2.30 bits per heavy atom. The van der Waals surface area contributed by atoms with Crippen molar-refractivity contribution in [3.05, 3.63) is 0 Å². The second-order valence-electron chi connectivity index (χ2n) is 2.93. The first kappa shape index (κ1) is 9.48. The van der Waals surface area contributed by atoms with Gasteiger partial charge in [-0.25, -0.2) is 0 Å². The van der Waals surface area contributed by atoms with Crippen molar-refractivity contribution in [1.29, 1.82) is 0 Å². The highest BCUT2D eigenvalue weighted by atomic mass is 16.3. The van der Waals surface area contributed by atoms with Crippen LogP contribution in [0.1, 0.15) is 20.8 Å². The van der Waals surface area contributed by atoms with Gasteiger partial charge in [-0.15, -0.1) is 6.42 Å². The number of aliphatic hydroxyl groups excluding tert-OH is 1. The van der Waals surface area contributed by atoms with Crippen LogP contribution in [0.15, 0.2) is 0 Å². The van der Waals surface area contributed by atoms with Gasteiger partial charge in [0, 0.05) is 6.04 Å². The second kappa shape index (κ2) is 3.60. The third-order valence-corrected chi connectivity index (χ3v) is 1.24. The average Bonchev–Trinajstić information content (AvgIpc) is 1.87. The highest BCUT2D eigenvalue weighted by Crippen LogP contribution is 2.00. The lowest BCUT2D eigenvalue weighted by atomic mass is 10.0. The molecule has 0 aliphatic carbocycles. The number of aliphatic hydroxyl groups is 1. The third kappa shape index (κ3) is 2.86. The summed E-state index contributed by atoms with van der Waals surface area (Å²) < 4.78 is 0. The molecule has 0 rings (SSSR count). The van der Waals surface area contributed by atoms with Gasteiger partial charge in [-0.2, -0.15) is 0 Å². The maximum atomic E-state index is 8.83. The molecule has 2 heteroatoms. The molecule has 0 radical (unpaired) electrons. The van der Waals surface area contributed by atoms with Crippen molar-refractivity contribution >= 4 is 0 Å². The Morgan fingerprint density at radius 1 is 1.70 bits per heavy atom. The van der Waals surface area contributed by atoms with Gasteiger partial charge in [0.25, 0.3) is 0 Å². The largest absolute Gasteiger partial charge is 0.393 e. The molecule has 0 saturated heterocycles. The van der Waals surface area contributed by atoms with Crippen LogP contribution in [0.25, 0.3) is 0 Å². The predicted octanol–water partition coefficient (Wildman–Crippen LogP) is 0.369. The van der Waals surface area contributed by atoms with Gasteiger partial charge in [-0.05, 0) is 20.8 Å². The minimum atomic E-state index is -0.561. The van der Waals surface area contributed by atoms with Crippen LogP contribution < -0.4 is 5.32 Å². The summed E-state index contributed by atoms with van der Waals surface area (Å²) in [6.45, 7) is 5.76. The molecular formula is C8H15NO. The Kier molecular flexibility index (Phi) is 3.41. The van der Waals surface area contributed by atoms with Gasteiger partial charge in [-0.1, -0.05) is 5.92 Å². The number of nitrogens with one attached hydrogen (secondary N) is 1. The van der Waals surface area contributed by atoms with Crippen molar-refractivity contribution in [2.24, 2.45) is 0 Å². The molecule has 0 amide bonds. The molecule has 0 unspecified atom stereocenters. The molecule has 0 aromatic rings. The predicted molar refractivity (Wildman–Crippen MR) is 42.6 cm³/mol. The zero-order valence-electron chi connectivity index (χ0n) is 6.81. The van der Waals surface area contributed by atoms with E-state index in [0.29, 0.717) is 6.04 Å². The zero-order valence-corrected chi connectivity index (χ0v) is 6.81. The van der Waals surface area contributed by atoms with Gasteiger partial charge in [0.15, 0.2) is 0 Å². The van der Waals surface area contributed by atoms with Crippen LogP contribution in [-0.4, -0.2) is 23.3 Å². The van der Waals surface area contributed by atoms with Crippen LogP contribution in [0.5, 0.6) is 0 Å². The lowest BCUT2D eigenvalue weighted by Gasteiger charge is -2.24. The first-order valence-electron chi connectivity index (χ1n) is 3.40. The van der Waals surface area contributed by atoms with E-state index < -0.39 is 5.54 Å². The molecule has 0 aliphatic rings. The number of hydrogen-bond acceptors (Lipinski definition) is 2. The fourth-order valence-electron chi connectivity index (χ4n) is 0.770.